The van der Waals surface area contributed by atoms with E-state index in [1.54, 1.807) is 0 Å². The minimum atomic E-state index is -0.951. The van der Waals surface area contributed by atoms with E-state index in [-0.39, 0.29) is 0 Å². The van der Waals surface area contributed by atoms with E-state index >= 15 is 0 Å². The van der Waals surface area contributed by atoms with E-state index in [4.69, 9.17) is 4.74 Å². The standard InChI is InChI=1S/C23H27F2NO3/c1-14-9-17-20(27)12-23(29-22(17)10-15(14)2)5-7-26(8-6-23)13-21(28)16-3-4-18(24)19(25)11-16/h3-4,9-11,20-21,27-28H,5-8,12-13H2,1-2H3/t20-,21+/m0/s1. The summed E-state index contributed by atoms with van der Waals surface area (Å²) in [5.74, 6) is -1.10. The molecule has 2 aromatic rings. The van der Waals surface area contributed by atoms with Crippen LogP contribution in [0.1, 0.15) is 53.7 Å². The Labute approximate surface area is 169 Å². The van der Waals surface area contributed by atoms with Crippen LogP contribution >= 0.6 is 0 Å². The first-order valence-electron chi connectivity index (χ1n) is 10.1. The maximum absolute atomic E-state index is 13.4. The van der Waals surface area contributed by atoms with E-state index in [9.17, 15) is 19.0 Å². The van der Waals surface area contributed by atoms with Crippen molar-refractivity contribution in [2.24, 2.45) is 0 Å². The first-order valence-corrected chi connectivity index (χ1v) is 10.1. The Balaban J connectivity index is 1.41. The van der Waals surface area contributed by atoms with Gasteiger partial charge in [-0.05, 0) is 67.6 Å². The van der Waals surface area contributed by atoms with Gasteiger partial charge in [0.15, 0.2) is 11.6 Å². The molecule has 0 bridgehead atoms. The molecule has 6 heteroatoms. The third kappa shape index (κ3) is 4.02. The highest BCUT2D eigenvalue weighted by Crippen LogP contribution is 2.45. The van der Waals surface area contributed by atoms with Crippen molar-refractivity contribution >= 4 is 0 Å². The Kier molecular flexibility index (Phi) is 5.36. The number of halogens is 2. The molecule has 4 rings (SSSR count). The largest absolute Gasteiger partial charge is 0.487 e. The Hall–Kier alpha value is -2.02. The maximum Gasteiger partial charge on any atom is 0.159 e. The molecule has 2 aromatic carbocycles. The number of likely N-dealkylation sites (tertiary alicyclic amines) is 1. The molecule has 2 aliphatic heterocycles. The number of hydrogen-bond acceptors (Lipinski definition) is 4. The highest BCUT2D eigenvalue weighted by molar-refractivity contribution is 5.45. The molecule has 2 heterocycles. The summed E-state index contributed by atoms with van der Waals surface area (Å²) in [6, 6.07) is 7.52. The number of nitrogens with zero attached hydrogens (tertiary/aromatic N) is 1. The minimum Gasteiger partial charge on any atom is -0.487 e. The lowest BCUT2D eigenvalue weighted by Crippen LogP contribution is -2.51. The molecule has 4 nitrogen and oxygen atoms in total. The van der Waals surface area contributed by atoms with Gasteiger partial charge in [0.25, 0.3) is 0 Å². The molecule has 2 aliphatic rings. The molecule has 0 saturated carbocycles. The van der Waals surface area contributed by atoms with Crippen LogP contribution in [0.15, 0.2) is 30.3 Å². The van der Waals surface area contributed by atoms with Gasteiger partial charge >= 0.3 is 0 Å². The van der Waals surface area contributed by atoms with Crippen molar-refractivity contribution in [3.05, 3.63) is 64.2 Å². The fourth-order valence-corrected chi connectivity index (χ4v) is 4.42. The first-order chi connectivity index (χ1) is 13.8. The van der Waals surface area contributed by atoms with E-state index in [0.717, 1.165) is 47.4 Å². The number of β-amino-alcohol motifs (C(OH)–C–C–N with tert-alkyl or cyclic N) is 1. The smallest absolute Gasteiger partial charge is 0.159 e. The lowest BCUT2D eigenvalue weighted by molar-refractivity contribution is -0.0588. The zero-order valence-corrected chi connectivity index (χ0v) is 16.8. The van der Waals surface area contributed by atoms with Crippen LogP contribution in [0, 0.1) is 25.5 Å². The molecule has 1 spiro atoms. The lowest BCUT2D eigenvalue weighted by Gasteiger charge is -2.46. The first kappa shape index (κ1) is 20.3. The highest BCUT2D eigenvalue weighted by Gasteiger charge is 2.43. The van der Waals surface area contributed by atoms with E-state index in [1.165, 1.54) is 6.07 Å². The van der Waals surface area contributed by atoms with Gasteiger partial charge in [0.1, 0.15) is 11.4 Å². The number of hydrogen-bond donors (Lipinski definition) is 2. The van der Waals surface area contributed by atoms with Gasteiger partial charge in [-0.2, -0.15) is 0 Å². The van der Waals surface area contributed by atoms with Crippen molar-refractivity contribution in [1.82, 2.24) is 4.90 Å². The molecular weight excluding hydrogens is 376 g/mol. The van der Waals surface area contributed by atoms with Crippen LogP contribution in [0.4, 0.5) is 8.78 Å². The number of rotatable bonds is 3. The number of aliphatic hydroxyl groups excluding tert-OH is 2. The molecule has 2 N–H and O–H groups in total. The van der Waals surface area contributed by atoms with Crippen LogP contribution in [-0.4, -0.2) is 40.3 Å². The van der Waals surface area contributed by atoms with Crippen molar-refractivity contribution in [3.63, 3.8) is 0 Å². The summed E-state index contributed by atoms with van der Waals surface area (Å²) in [5, 5.41) is 21.1. The summed E-state index contributed by atoms with van der Waals surface area (Å²) in [6.45, 7) is 5.82. The van der Waals surface area contributed by atoms with Crippen molar-refractivity contribution in [3.8, 4) is 5.75 Å². The molecule has 156 valence electrons. The quantitative estimate of drug-likeness (QED) is 0.815. The summed E-state index contributed by atoms with van der Waals surface area (Å²) >= 11 is 0. The molecule has 0 unspecified atom stereocenters. The van der Waals surface area contributed by atoms with E-state index in [2.05, 4.69) is 4.90 Å². The van der Waals surface area contributed by atoms with Crippen LogP contribution < -0.4 is 4.74 Å². The Bertz CT molecular complexity index is 909. The van der Waals surface area contributed by atoms with Gasteiger partial charge in [-0.1, -0.05) is 6.07 Å². The van der Waals surface area contributed by atoms with Crippen LogP contribution in [0.2, 0.25) is 0 Å². The predicted molar refractivity (Wildman–Crippen MR) is 106 cm³/mol. The van der Waals surface area contributed by atoms with Gasteiger partial charge in [-0.15, -0.1) is 0 Å². The van der Waals surface area contributed by atoms with Crippen LogP contribution in [0.25, 0.3) is 0 Å². The number of benzene rings is 2. The topological polar surface area (TPSA) is 52.9 Å². The molecule has 0 amide bonds. The second kappa shape index (κ2) is 7.67. The minimum absolute atomic E-state index is 0.346. The Morgan fingerprint density at radius 1 is 1.10 bits per heavy atom. The molecule has 29 heavy (non-hydrogen) atoms. The van der Waals surface area contributed by atoms with E-state index in [0.29, 0.717) is 31.6 Å². The lowest BCUT2D eigenvalue weighted by atomic mass is 9.81. The summed E-state index contributed by atoms with van der Waals surface area (Å²) < 4.78 is 32.9. The van der Waals surface area contributed by atoms with Crippen molar-refractivity contribution in [2.75, 3.05) is 19.6 Å². The van der Waals surface area contributed by atoms with E-state index < -0.39 is 29.4 Å². The summed E-state index contributed by atoms with van der Waals surface area (Å²) in [7, 11) is 0. The zero-order chi connectivity index (χ0) is 20.8. The third-order valence-electron chi connectivity index (χ3n) is 6.40. The fraction of sp³-hybridized carbons (Fsp3) is 0.478. The SMILES string of the molecule is Cc1cc2c(cc1C)[C@@H](O)CC1(CCN(C[C@@H](O)c3ccc(F)c(F)c3)CC1)O2. The average molecular weight is 403 g/mol. The Morgan fingerprint density at radius 3 is 2.48 bits per heavy atom. The van der Waals surface area contributed by atoms with Gasteiger partial charge in [0.05, 0.1) is 12.2 Å². The van der Waals surface area contributed by atoms with Crippen LogP contribution in [-0.2, 0) is 0 Å². The average Bonchev–Trinajstić information content (AvgIpc) is 2.68. The highest BCUT2D eigenvalue weighted by atomic mass is 19.2. The van der Waals surface area contributed by atoms with Gasteiger partial charge < -0.3 is 19.8 Å². The second-order valence-corrected chi connectivity index (χ2v) is 8.47. The summed E-state index contributed by atoms with van der Waals surface area (Å²) in [6.07, 6.45) is 0.602. The third-order valence-corrected chi connectivity index (χ3v) is 6.40. The molecular formula is C23H27F2NO3. The van der Waals surface area contributed by atoms with Crippen molar-refractivity contribution in [1.29, 1.82) is 0 Å². The number of piperidine rings is 1. The van der Waals surface area contributed by atoms with E-state index in [1.807, 2.05) is 26.0 Å². The normalized spacial score (nSPS) is 22.2. The number of fused-ring (bicyclic) bond motifs is 1. The van der Waals surface area contributed by atoms with Crippen LogP contribution in [0.3, 0.4) is 0 Å². The number of aryl methyl sites for hydroxylation is 2. The molecule has 0 radical (unpaired) electrons. The summed E-state index contributed by atoms with van der Waals surface area (Å²) in [5.41, 5.74) is 3.10. The van der Waals surface area contributed by atoms with Crippen molar-refractivity contribution in [2.45, 2.75) is 50.9 Å². The zero-order valence-electron chi connectivity index (χ0n) is 16.8. The number of aliphatic hydroxyl groups is 2. The maximum atomic E-state index is 13.4. The Morgan fingerprint density at radius 2 is 1.79 bits per heavy atom. The van der Waals surface area contributed by atoms with Gasteiger partial charge in [-0.25, -0.2) is 8.78 Å². The summed E-state index contributed by atoms with van der Waals surface area (Å²) in [4.78, 5) is 2.10. The fourth-order valence-electron chi connectivity index (χ4n) is 4.42. The molecule has 1 fully saturated rings. The number of ether oxygens (including phenoxy) is 1. The molecule has 1 saturated heterocycles. The van der Waals surface area contributed by atoms with Gasteiger partial charge in [-0.3, -0.25) is 0 Å². The second-order valence-electron chi connectivity index (χ2n) is 8.47. The van der Waals surface area contributed by atoms with Gasteiger partial charge in [0.2, 0.25) is 0 Å². The van der Waals surface area contributed by atoms with Crippen molar-refractivity contribution < 1.29 is 23.7 Å². The molecule has 0 aliphatic carbocycles. The van der Waals surface area contributed by atoms with Crippen LogP contribution in [0.5, 0.6) is 5.75 Å². The predicted octanol–water partition coefficient (Wildman–Crippen LogP) is 3.97. The monoisotopic (exact) mass is 403 g/mol. The van der Waals surface area contributed by atoms with Gasteiger partial charge in [0, 0.05) is 31.6 Å². The molecule has 0 aromatic heterocycles. The molecule has 2 atom stereocenters.